The smallest absolute Gasteiger partial charge is 0.255 e. The highest BCUT2D eigenvalue weighted by molar-refractivity contribution is 7.98. The quantitative estimate of drug-likeness (QED) is 0.111. The third-order valence-electron chi connectivity index (χ3n) is 7.30. The summed E-state index contributed by atoms with van der Waals surface area (Å²) in [5.41, 5.74) is 4.52. The number of aromatic nitrogens is 4. The zero-order valence-corrected chi connectivity index (χ0v) is 24.3. The molecule has 2 aromatic heterocycles. The molecule has 0 aliphatic heterocycles. The average molecular weight is 578 g/mol. The van der Waals surface area contributed by atoms with Crippen LogP contribution in [0.3, 0.4) is 0 Å². The second-order valence-corrected chi connectivity index (χ2v) is 11.3. The number of aryl methyl sites for hydroxylation is 1. The minimum Gasteiger partial charge on any atom is -0.340 e. The van der Waals surface area contributed by atoms with Gasteiger partial charge in [-0.1, -0.05) is 96.7 Å². The van der Waals surface area contributed by atoms with Gasteiger partial charge < -0.3 is 5.32 Å². The standard InChI is InChI=1S/C36H27N5OS/c1-24-21-34(41-35(37-24)39-36(40-41)43-23-30-11-6-10-27-8-4-5-12-32(27)30)38-31-18-16-28(17-19-31)33(42)20-14-25-13-15-26-7-2-3-9-29(26)22-25/h2-22,38H,23H2,1H3/b20-14+. The van der Waals surface area contributed by atoms with Crippen LogP contribution in [0, 0.1) is 6.92 Å². The van der Waals surface area contributed by atoms with Crippen LogP contribution in [0.1, 0.15) is 27.2 Å². The molecule has 0 spiro atoms. The van der Waals surface area contributed by atoms with Crippen LogP contribution >= 0.6 is 11.8 Å². The van der Waals surface area contributed by atoms with E-state index in [2.05, 4.69) is 82.0 Å². The SMILES string of the molecule is Cc1cc(Nc2ccc(C(=O)/C=C/c3ccc4ccccc4c3)cc2)n2nc(SCc3cccc4ccccc34)nc2n1. The summed E-state index contributed by atoms with van der Waals surface area (Å²) < 4.78 is 1.73. The highest BCUT2D eigenvalue weighted by Crippen LogP contribution is 2.27. The van der Waals surface area contributed by atoms with E-state index in [4.69, 9.17) is 5.10 Å². The summed E-state index contributed by atoms with van der Waals surface area (Å²) in [4.78, 5) is 22.1. The average Bonchev–Trinajstić information content (AvgIpc) is 3.46. The van der Waals surface area contributed by atoms with Crippen molar-refractivity contribution in [3.8, 4) is 0 Å². The van der Waals surface area contributed by atoms with Gasteiger partial charge in [0.1, 0.15) is 5.82 Å². The predicted octanol–water partition coefficient (Wildman–Crippen LogP) is 8.67. The summed E-state index contributed by atoms with van der Waals surface area (Å²) in [5.74, 6) is 1.99. The molecule has 0 fully saturated rings. The molecule has 2 heterocycles. The fourth-order valence-corrected chi connectivity index (χ4v) is 5.95. The Morgan fingerprint density at radius 3 is 2.44 bits per heavy atom. The zero-order valence-electron chi connectivity index (χ0n) is 23.4. The van der Waals surface area contributed by atoms with Gasteiger partial charge in [0.2, 0.25) is 5.16 Å². The molecule has 0 aliphatic rings. The lowest BCUT2D eigenvalue weighted by Crippen LogP contribution is -2.03. The molecule has 0 radical (unpaired) electrons. The molecule has 0 atom stereocenters. The molecule has 0 bridgehead atoms. The van der Waals surface area contributed by atoms with Gasteiger partial charge in [-0.15, -0.1) is 5.10 Å². The maximum Gasteiger partial charge on any atom is 0.255 e. The second-order valence-electron chi connectivity index (χ2n) is 10.3. The summed E-state index contributed by atoms with van der Waals surface area (Å²) in [6.07, 6.45) is 3.48. The molecule has 43 heavy (non-hydrogen) atoms. The highest BCUT2D eigenvalue weighted by Gasteiger charge is 2.12. The number of carbonyl (C=O) groups is 1. The van der Waals surface area contributed by atoms with E-state index in [1.165, 1.54) is 21.7 Å². The van der Waals surface area contributed by atoms with E-state index in [-0.39, 0.29) is 5.78 Å². The number of allylic oxidation sites excluding steroid dienone is 1. The summed E-state index contributed by atoms with van der Waals surface area (Å²) in [6.45, 7) is 1.94. The zero-order chi connectivity index (χ0) is 29.2. The van der Waals surface area contributed by atoms with Crippen molar-refractivity contribution in [1.29, 1.82) is 0 Å². The number of anilines is 2. The van der Waals surface area contributed by atoms with Crippen LogP contribution in [0.4, 0.5) is 11.5 Å². The Kier molecular flexibility index (Phi) is 7.15. The lowest BCUT2D eigenvalue weighted by Gasteiger charge is -2.09. The van der Waals surface area contributed by atoms with Crippen molar-refractivity contribution < 1.29 is 4.79 Å². The van der Waals surface area contributed by atoms with Gasteiger partial charge in [0.05, 0.1) is 0 Å². The van der Waals surface area contributed by atoms with Gasteiger partial charge in [-0.05, 0) is 76.0 Å². The first-order chi connectivity index (χ1) is 21.1. The van der Waals surface area contributed by atoms with Crippen LogP contribution in [-0.2, 0) is 5.75 Å². The molecule has 7 rings (SSSR count). The second kappa shape index (κ2) is 11.5. The number of hydrogen-bond acceptors (Lipinski definition) is 6. The number of nitrogens with one attached hydrogen (secondary N) is 1. The fraction of sp³-hybridized carbons (Fsp3) is 0.0556. The van der Waals surface area contributed by atoms with Crippen LogP contribution in [0.5, 0.6) is 0 Å². The van der Waals surface area contributed by atoms with Gasteiger partial charge >= 0.3 is 0 Å². The predicted molar refractivity (Wildman–Crippen MR) is 176 cm³/mol. The molecule has 5 aromatic carbocycles. The fourth-order valence-electron chi connectivity index (χ4n) is 5.12. The Bertz CT molecular complexity index is 2140. The molecule has 6 nitrogen and oxygen atoms in total. The molecular weight excluding hydrogens is 550 g/mol. The Balaban J connectivity index is 1.06. The van der Waals surface area contributed by atoms with E-state index in [0.717, 1.165) is 33.9 Å². The van der Waals surface area contributed by atoms with Crippen molar-refractivity contribution in [2.24, 2.45) is 0 Å². The Hall–Kier alpha value is -5.27. The summed E-state index contributed by atoms with van der Waals surface area (Å²) in [5, 5.41) is 13.6. The maximum atomic E-state index is 12.9. The van der Waals surface area contributed by atoms with E-state index in [1.807, 2.05) is 61.5 Å². The first-order valence-electron chi connectivity index (χ1n) is 14.0. The largest absolute Gasteiger partial charge is 0.340 e. The number of thioether (sulfide) groups is 1. The number of nitrogens with zero attached hydrogens (tertiary/aromatic N) is 4. The third kappa shape index (κ3) is 5.76. The Morgan fingerprint density at radius 1 is 0.814 bits per heavy atom. The lowest BCUT2D eigenvalue weighted by atomic mass is 10.1. The molecule has 7 aromatic rings. The van der Waals surface area contributed by atoms with Gasteiger partial charge in [0.25, 0.3) is 5.78 Å². The third-order valence-corrected chi connectivity index (χ3v) is 8.19. The lowest BCUT2D eigenvalue weighted by molar-refractivity contribution is 0.104. The summed E-state index contributed by atoms with van der Waals surface area (Å²) in [7, 11) is 0. The summed E-state index contributed by atoms with van der Waals surface area (Å²) in [6, 6.07) is 38.5. The van der Waals surface area contributed by atoms with E-state index in [9.17, 15) is 4.79 Å². The maximum absolute atomic E-state index is 12.9. The topological polar surface area (TPSA) is 72.2 Å². The first-order valence-corrected chi connectivity index (χ1v) is 15.0. The monoisotopic (exact) mass is 577 g/mol. The number of ketones is 1. The normalized spacial score (nSPS) is 11.6. The molecule has 7 heteroatoms. The van der Waals surface area contributed by atoms with Gasteiger partial charge in [0, 0.05) is 28.8 Å². The number of rotatable bonds is 8. The van der Waals surface area contributed by atoms with Crippen LogP contribution in [0.2, 0.25) is 0 Å². The first kappa shape index (κ1) is 26.6. The van der Waals surface area contributed by atoms with Crippen molar-refractivity contribution in [3.05, 3.63) is 144 Å². The molecule has 0 saturated heterocycles. The van der Waals surface area contributed by atoms with E-state index < -0.39 is 0 Å². The number of benzene rings is 5. The highest BCUT2D eigenvalue weighted by atomic mass is 32.2. The molecule has 0 unspecified atom stereocenters. The van der Waals surface area contributed by atoms with Gasteiger partial charge in [0.15, 0.2) is 5.78 Å². The van der Waals surface area contributed by atoms with Crippen LogP contribution in [0.15, 0.2) is 126 Å². The van der Waals surface area contributed by atoms with E-state index >= 15 is 0 Å². The minimum absolute atomic E-state index is 0.0500. The minimum atomic E-state index is -0.0500. The van der Waals surface area contributed by atoms with Crippen molar-refractivity contribution >= 4 is 62.4 Å². The van der Waals surface area contributed by atoms with Gasteiger partial charge in [-0.2, -0.15) is 9.50 Å². The van der Waals surface area contributed by atoms with Crippen molar-refractivity contribution in [1.82, 2.24) is 19.6 Å². The number of fused-ring (bicyclic) bond motifs is 3. The molecule has 0 saturated carbocycles. The molecule has 1 N–H and O–H groups in total. The molecule has 0 amide bonds. The van der Waals surface area contributed by atoms with E-state index in [1.54, 1.807) is 22.4 Å². The molecule has 208 valence electrons. The van der Waals surface area contributed by atoms with Crippen LogP contribution < -0.4 is 5.32 Å². The van der Waals surface area contributed by atoms with Gasteiger partial charge in [-0.25, -0.2) is 4.98 Å². The molecular formula is C36H27N5OS. The Morgan fingerprint density at radius 2 is 1.58 bits per heavy atom. The van der Waals surface area contributed by atoms with Crippen molar-refractivity contribution in [2.45, 2.75) is 17.8 Å². The number of carbonyl (C=O) groups excluding carboxylic acids is 1. The number of hydrogen-bond donors (Lipinski definition) is 1. The summed E-state index contributed by atoms with van der Waals surface area (Å²) >= 11 is 1.59. The molecule has 0 aliphatic carbocycles. The van der Waals surface area contributed by atoms with E-state index in [0.29, 0.717) is 16.5 Å². The van der Waals surface area contributed by atoms with Crippen molar-refractivity contribution in [2.75, 3.05) is 5.32 Å². The van der Waals surface area contributed by atoms with Crippen molar-refractivity contribution in [3.63, 3.8) is 0 Å². The Labute approximate surface area is 253 Å². The van der Waals surface area contributed by atoms with Crippen LogP contribution in [0.25, 0.3) is 33.4 Å². The van der Waals surface area contributed by atoms with Crippen LogP contribution in [-0.4, -0.2) is 25.4 Å². The van der Waals surface area contributed by atoms with Gasteiger partial charge in [-0.3, -0.25) is 4.79 Å².